The van der Waals surface area contributed by atoms with Gasteiger partial charge in [0.1, 0.15) is 5.82 Å². The van der Waals surface area contributed by atoms with Crippen molar-refractivity contribution in [3.8, 4) is 0 Å². The fourth-order valence-electron chi connectivity index (χ4n) is 3.69. The SMILES string of the molecule is O=C(CC1CC2CCC1C2)c1cc(Cl)ccc1F. The van der Waals surface area contributed by atoms with Crippen molar-refractivity contribution in [1.29, 1.82) is 0 Å². The lowest BCUT2D eigenvalue weighted by Crippen LogP contribution is -2.16. The average Bonchev–Trinajstić information content (AvgIpc) is 2.94. The number of fused-ring (bicyclic) bond motifs is 2. The van der Waals surface area contributed by atoms with Gasteiger partial charge in [-0.15, -0.1) is 0 Å². The smallest absolute Gasteiger partial charge is 0.166 e. The van der Waals surface area contributed by atoms with Crippen LogP contribution in [0.1, 0.15) is 42.5 Å². The van der Waals surface area contributed by atoms with Gasteiger partial charge in [0, 0.05) is 11.4 Å². The van der Waals surface area contributed by atoms with Gasteiger partial charge in [-0.1, -0.05) is 18.0 Å². The molecule has 1 nitrogen and oxygen atoms in total. The molecule has 0 saturated heterocycles. The van der Waals surface area contributed by atoms with Crippen molar-refractivity contribution in [2.45, 2.75) is 32.1 Å². The van der Waals surface area contributed by atoms with E-state index in [1.807, 2.05) is 0 Å². The first-order chi connectivity index (χ1) is 8.63. The van der Waals surface area contributed by atoms with Crippen LogP contribution in [0.25, 0.3) is 0 Å². The summed E-state index contributed by atoms with van der Waals surface area (Å²) in [6.45, 7) is 0. The topological polar surface area (TPSA) is 17.1 Å². The van der Waals surface area contributed by atoms with Gasteiger partial charge in [0.05, 0.1) is 5.56 Å². The first-order valence-electron chi connectivity index (χ1n) is 6.61. The molecule has 2 bridgehead atoms. The van der Waals surface area contributed by atoms with Gasteiger partial charge in [-0.05, 0) is 55.2 Å². The molecule has 0 aromatic heterocycles. The molecule has 2 fully saturated rings. The van der Waals surface area contributed by atoms with Crippen molar-refractivity contribution < 1.29 is 9.18 Å². The largest absolute Gasteiger partial charge is 0.294 e. The zero-order valence-electron chi connectivity index (χ0n) is 10.2. The molecule has 0 amide bonds. The second kappa shape index (κ2) is 4.65. The average molecular weight is 267 g/mol. The summed E-state index contributed by atoms with van der Waals surface area (Å²) in [5.74, 6) is 1.44. The minimum Gasteiger partial charge on any atom is -0.294 e. The van der Waals surface area contributed by atoms with Crippen LogP contribution in [0, 0.1) is 23.6 Å². The van der Waals surface area contributed by atoms with E-state index in [4.69, 9.17) is 11.6 Å². The van der Waals surface area contributed by atoms with Crippen LogP contribution in [0.2, 0.25) is 5.02 Å². The summed E-state index contributed by atoms with van der Waals surface area (Å²) in [4.78, 5) is 12.2. The van der Waals surface area contributed by atoms with Crippen molar-refractivity contribution in [3.05, 3.63) is 34.6 Å². The van der Waals surface area contributed by atoms with Crippen molar-refractivity contribution >= 4 is 17.4 Å². The summed E-state index contributed by atoms with van der Waals surface area (Å²) in [6, 6.07) is 4.20. The predicted octanol–water partition coefficient (Wildman–Crippen LogP) is 4.49. The van der Waals surface area contributed by atoms with Crippen molar-refractivity contribution in [2.75, 3.05) is 0 Å². The van der Waals surface area contributed by atoms with E-state index >= 15 is 0 Å². The minimum absolute atomic E-state index is 0.0902. The summed E-state index contributed by atoms with van der Waals surface area (Å²) in [6.07, 6.45) is 5.48. The summed E-state index contributed by atoms with van der Waals surface area (Å²) in [7, 11) is 0. The lowest BCUT2D eigenvalue weighted by molar-refractivity contribution is 0.0940. The molecule has 18 heavy (non-hydrogen) atoms. The van der Waals surface area contributed by atoms with E-state index in [2.05, 4.69) is 0 Å². The molecule has 0 spiro atoms. The Balaban J connectivity index is 1.73. The maximum absolute atomic E-state index is 13.6. The Labute approximate surface area is 111 Å². The zero-order valence-corrected chi connectivity index (χ0v) is 10.9. The fourth-order valence-corrected chi connectivity index (χ4v) is 3.86. The van der Waals surface area contributed by atoms with Gasteiger partial charge in [-0.2, -0.15) is 0 Å². The Morgan fingerprint density at radius 1 is 1.33 bits per heavy atom. The van der Waals surface area contributed by atoms with E-state index in [1.54, 1.807) is 0 Å². The first kappa shape index (κ1) is 12.2. The van der Waals surface area contributed by atoms with Crippen LogP contribution in [0.15, 0.2) is 18.2 Å². The molecule has 0 heterocycles. The highest BCUT2D eigenvalue weighted by atomic mass is 35.5. The molecule has 1 aromatic rings. The van der Waals surface area contributed by atoms with Crippen LogP contribution < -0.4 is 0 Å². The van der Waals surface area contributed by atoms with Crippen LogP contribution in [0.3, 0.4) is 0 Å². The molecular weight excluding hydrogens is 251 g/mol. The van der Waals surface area contributed by atoms with Crippen LogP contribution in [0.4, 0.5) is 4.39 Å². The molecule has 96 valence electrons. The molecule has 3 unspecified atom stereocenters. The van der Waals surface area contributed by atoms with Gasteiger partial charge in [0.15, 0.2) is 5.78 Å². The van der Waals surface area contributed by atoms with E-state index in [9.17, 15) is 9.18 Å². The standard InChI is InChI=1S/C15H16ClFO/c16-12-3-4-14(17)13(8-12)15(18)7-11-6-9-1-2-10(11)5-9/h3-4,8-11H,1-2,5-7H2. The Morgan fingerprint density at radius 2 is 2.17 bits per heavy atom. The zero-order chi connectivity index (χ0) is 12.7. The van der Waals surface area contributed by atoms with Crippen molar-refractivity contribution in [3.63, 3.8) is 0 Å². The highest BCUT2D eigenvalue weighted by Crippen LogP contribution is 2.49. The number of hydrogen-bond donors (Lipinski definition) is 0. The molecule has 0 N–H and O–H groups in total. The summed E-state index contributed by atoms with van der Waals surface area (Å²) >= 11 is 5.82. The lowest BCUT2D eigenvalue weighted by Gasteiger charge is -2.20. The monoisotopic (exact) mass is 266 g/mol. The van der Waals surface area contributed by atoms with Gasteiger partial charge in [-0.25, -0.2) is 4.39 Å². The van der Waals surface area contributed by atoms with E-state index in [-0.39, 0.29) is 11.3 Å². The lowest BCUT2D eigenvalue weighted by atomic mass is 9.84. The second-order valence-electron chi connectivity index (χ2n) is 5.69. The van der Waals surface area contributed by atoms with Gasteiger partial charge in [0.2, 0.25) is 0 Å². The Morgan fingerprint density at radius 3 is 2.83 bits per heavy atom. The van der Waals surface area contributed by atoms with Crippen LogP contribution in [-0.4, -0.2) is 5.78 Å². The van der Waals surface area contributed by atoms with Gasteiger partial charge in [0.25, 0.3) is 0 Å². The maximum Gasteiger partial charge on any atom is 0.166 e. The predicted molar refractivity (Wildman–Crippen MR) is 69.3 cm³/mol. The number of carbonyl (C=O) groups is 1. The highest BCUT2D eigenvalue weighted by Gasteiger charge is 2.40. The summed E-state index contributed by atoms with van der Waals surface area (Å²) in [5, 5.41) is 0.424. The minimum atomic E-state index is -0.451. The Bertz CT molecular complexity index is 485. The van der Waals surface area contributed by atoms with Crippen LogP contribution >= 0.6 is 11.6 Å². The quantitative estimate of drug-likeness (QED) is 0.737. The Kier molecular flexibility index (Phi) is 3.14. The normalized spacial score (nSPS) is 29.8. The van der Waals surface area contributed by atoms with E-state index in [0.29, 0.717) is 23.3 Å². The molecule has 3 rings (SSSR count). The van der Waals surface area contributed by atoms with Gasteiger partial charge < -0.3 is 0 Å². The van der Waals surface area contributed by atoms with Crippen LogP contribution in [-0.2, 0) is 0 Å². The number of Topliss-reactive ketones (excluding diaryl/α,β-unsaturated/α-hetero) is 1. The molecular formula is C15H16ClFO. The highest BCUT2D eigenvalue weighted by molar-refractivity contribution is 6.31. The third-order valence-corrected chi connectivity index (χ3v) is 4.80. The number of benzene rings is 1. The van der Waals surface area contributed by atoms with Crippen LogP contribution in [0.5, 0.6) is 0 Å². The summed E-state index contributed by atoms with van der Waals surface area (Å²) < 4.78 is 13.6. The fraction of sp³-hybridized carbons (Fsp3) is 0.533. The number of ketones is 1. The van der Waals surface area contributed by atoms with Crippen molar-refractivity contribution in [1.82, 2.24) is 0 Å². The van der Waals surface area contributed by atoms with Gasteiger partial charge >= 0.3 is 0 Å². The number of hydrogen-bond acceptors (Lipinski definition) is 1. The molecule has 2 aliphatic rings. The number of rotatable bonds is 3. The van der Waals surface area contributed by atoms with E-state index < -0.39 is 5.82 Å². The number of carbonyl (C=O) groups excluding carboxylic acids is 1. The second-order valence-corrected chi connectivity index (χ2v) is 6.12. The molecule has 3 atom stereocenters. The molecule has 0 radical (unpaired) electrons. The Hall–Kier alpha value is -0.890. The van der Waals surface area contributed by atoms with E-state index in [1.165, 1.54) is 37.5 Å². The molecule has 2 saturated carbocycles. The molecule has 1 aromatic carbocycles. The van der Waals surface area contributed by atoms with Crippen molar-refractivity contribution in [2.24, 2.45) is 17.8 Å². The first-order valence-corrected chi connectivity index (χ1v) is 6.99. The summed E-state index contributed by atoms with van der Waals surface area (Å²) in [5.41, 5.74) is 0.158. The van der Waals surface area contributed by atoms with Gasteiger partial charge in [-0.3, -0.25) is 4.79 Å². The maximum atomic E-state index is 13.6. The molecule has 0 aliphatic heterocycles. The third kappa shape index (κ3) is 2.18. The molecule has 2 aliphatic carbocycles. The van der Waals surface area contributed by atoms with E-state index in [0.717, 1.165) is 12.3 Å². The molecule has 3 heteroatoms. The number of halogens is 2. The third-order valence-electron chi connectivity index (χ3n) is 4.56.